The fourth-order valence-electron chi connectivity index (χ4n) is 9.04. The minimum Gasteiger partial charge on any atom is -0.475 e. The van der Waals surface area contributed by atoms with Crippen LogP contribution in [-0.4, -0.2) is 163 Å². The maximum absolute atomic E-state index is 13.4. The first kappa shape index (κ1) is 71.9. The molecule has 1 aliphatic carbocycles. The van der Waals surface area contributed by atoms with Gasteiger partial charge in [0.25, 0.3) is 11.8 Å². The van der Waals surface area contributed by atoms with E-state index in [4.69, 9.17) is 24.5 Å². The topological polar surface area (TPSA) is 283 Å². The number of nitrogens with zero attached hydrogens (tertiary/aromatic N) is 7. The van der Waals surface area contributed by atoms with Crippen LogP contribution < -0.4 is 35.2 Å². The summed E-state index contributed by atoms with van der Waals surface area (Å²) in [4.78, 5) is 111. The van der Waals surface area contributed by atoms with Crippen LogP contribution >= 0.6 is 0 Å². The number of imide groups is 2. The molecule has 35 heteroatoms. The number of carboxylic acid groups (broad SMARTS) is 2. The van der Waals surface area contributed by atoms with Gasteiger partial charge < -0.3 is 50.2 Å². The summed E-state index contributed by atoms with van der Waals surface area (Å²) in [6, 6.07) is 12.3. The molecule has 8 amide bonds. The highest BCUT2D eigenvalue weighted by atomic mass is 19.4. The van der Waals surface area contributed by atoms with E-state index in [1.54, 1.807) is 76.7 Å². The Morgan fingerprint density at radius 1 is 0.600 bits per heavy atom. The lowest BCUT2D eigenvalue weighted by Crippen LogP contribution is -2.55. The van der Waals surface area contributed by atoms with Crippen LogP contribution in [0.3, 0.4) is 0 Å². The van der Waals surface area contributed by atoms with Crippen LogP contribution in [0.2, 0.25) is 0 Å². The summed E-state index contributed by atoms with van der Waals surface area (Å²) in [5.74, 6) is -9.14. The summed E-state index contributed by atoms with van der Waals surface area (Å²) in [7, 11) is 0. The number of hydrogen-bond donors (Lipinski definition) is 5. The Hall–Kier alpha value is -8.86. The Morgan fingerprint density at radius 3 is 1.33 bits per heavy atom. The Kier molecular flexibility index (Phi) is 23.0. The first-order valence-corrected chi connectivity index (χ1v) is 26.7. The van der Waals surface area contributed by atoms with Crippen LogP contribution in [0.15, 0.2) is 85.5 Å². The number of ether oxygens (including phenoxy) is 3. The van der Waals surface area contributed by atoms with E-state index in [1.807, 2.05) is 18.7 Å². The van der Waals surface area contributed by atoms with Crippen LogP contribution in [-0.2, 0) is 46.6 Å². The van der Waals surface area contributed by atoms with E-state index in [1.165, 1.54) is 21.9 Å². The summed E-state index contributed by atoms with van der Waals surface area (Å²) < 4.78 is 156. The number of urea groups is 2. The Bertz CT molecular complexity index is 3210. The number of morpholine rings is 1. The number of carbonyl (C=O) groups excluding carboxylic acids is 6. The van der Waals surface area contributed by atoms with Crippen molar-refractivity contribution in [3.63, 3.8) is 0 Å². The number of amides is 8. The number of pyridine rings is 2. The number of rotatable bonds is 15. The Morgan fingerprint density at radius 2 is 0.978 bits per heavy atom. The molecule has 2 aromatic heterocycles. The molecular formula is C55H60F12N10O13. The lowest BCUT2D eigenvalue weighted by atomic mass is 10.0. The van der Waals surface area contributed by atoms with Gasteiger partial charge in [-0.25, -0.2) is 29.0 Å². The van der Waals surface area contributed by atoms with Crippen molar-refractivity contribution in [3.8, 4) is 11.5 Å². The van der Waals surface area contributed by atoms with Gasteiger partial charge in [-0.2, -0.15) is 26.3 Å². The van der Waals surface area contributed by atoms with Crippen molar-refractivity contribution in [1.82, 2.24) is 30.0 Å². The number of halogens is 12. The largest absolute Gasteiger partial charge is 0.573 e. The minimum atomic E-state index is -5.08. The molecule has 0 unspecified atom stereocenters. The van der Waals surface area contributed by atoms with Gasteiger partial charge in [-0.15, -0.1) is 26.3 Å². The van der Waals surface area contributed by atoms with E-state index < -0.39 is 101 Å². The van der Waals surface area contributed by atoms with Crippen LogP contribution in [0.1, 0.15) is 78.4 Å². The molecule has 4 aliphatic rings. The van der Waals surface area contributed by atoms with Gasteiger partial charge in [-0.1, -0.05) is 12.8 Å². The van der Waals surface area contributed by atoms with Gasteiger partial charge >= 0.3 is 49.1 Å². The fraction of sp³-hybridized carbons (Fsp3) is 0.455. The molecule has 0 radical (unpaired) electrons. The number of carbonyl (C=O) groups is 8. The van der Waals surface area contributed by atoms with Crippen molar-refractivity contribution in [1.29, 1.82) is 0 Å². The molecule has 0 bridgehead atoms. The van der Waals surface area contributed by atoms with Crippen molar-refractivity contribution in [3.05, 3.63) is 96.6 Å². The number of nitrogens with one attached hydrogen (secondary N) is 3. The van der Waals surface area contributed by atoms with Crippen molar-refractivity contribution in [2.24, 2.45) is 0 Å². The second-order valence-corrected chi connectivity index (χ2v) is 21.7. The average molecular weight is 1300 g/mol. The molecular weight excluding hydrogens is 1240 g/mol. The van der Waals surface area contributed by atoms with E-state index in [2.05, 4.69) is 35.4 Å². The van der Waals surface area contributed by atoms with Crippen molar-refractivity contribution >= 4 is 70.4 Å². The summed E-state index contributed by atoms with van der Waals surface area (Å²) in [6.07, 6.45) is -9.98. The number of benzene rings is 2. The van der Waals surface area contributed by atoms with E-state index in [-0.39, 0.29) is 55.0 Å². The molecule has 90 heavy (non-hydrogen) atoms. The molecule has 4 fully saturated rings. The molecule has 0 spiro atoms. The zero-order valence-corrected chi connectivity index (χ0v) is 48.5. The van der Waals surface area contributed by atoms with E-state index in [0.29, 0.717) is 19.8 Å². The molecule has 1 saturated carbocycles. The summed E-state index contributed by atoms with van der Waals surface area (Å²) in [5.41, 5.74) is -2.06. The number of anilines is 4. The molecule has 2 aromatic carbocycles. The monoisotopic (exact) mass is 1300 g/mol. The third-order valence-electron chi connectivity index (χ3n) is 13.8. The molecule has 5 heterocycles. The zero-order chi connectivity index (χ0) is 67.5. The third kappa shape index (κ3) is 19.6. The highest BCUT2D eigenvalue weighted by Gasteiger charge is 2.53. The van der Waals surface area contributed by atoms with E-state index in [0.717, 1.165) is 70.9 Å². The van der Waals surface area contributed by atoms with Crippen molar-refractivity contribution in [2.45, 2.75) is 128 Å². The van der Waals surface area contributed by atoms with E-state index in [9.17, 15) is 81.5 Å². The smallest absolute Gasteiger partial charge is 0.475 e. The van der Waals surface area contributed by atoms with Crippen LogP contribution in [0.5, 0.6) is 11.5 Å². The minimum absolute atomic E-state index is 0.00756. The average Bonchev–Trinajstić information content (AvgIpc) is 1.67. The Labute approximate surface area is 504 Å². The molecule has 8 rings (SSSR count). The number of hydrogen-bond acceptors (Lipinski definition) is 15. The molecule has 3 saturated heterocycles. The summed E-state index contributed by atoms with van der Waals surface area (Å²) >= 11 is 0. The molecule has 3 aliphatic heterocycles. The van der Waals surface area contributed by atoms with E-state index >= 15 is 0 Å². The van der Waals surface area contributed by atoms with Crippen LogP contribution in [0, 0.1) is 0 Å². The second-order valence-electron chi connectivity index (χ2n) is 21.7. The number of aromatic nitrogens is 2. The van der Waals surface area contributed by atoms with Gasteiger partial charge in [0, 0.05) is 56.0 Å². The van der Waals surface area contributed by atoms with Crippen LogP contribution in [0.4, 0.5) is 85.0 Å². The maximum atomic E-state index is 13.4. The maximum Gasteiger partial charge on any atom is 0.573 e. The zero-order valence-electron chi connectivity index (χ0n) is 48.5. The Balaban J connectivity index is 0.000000270. The van der Waals surface area contributed by atoms with Gasteiger partial charge in [0.2, 0.25) is 11.8 Å². The lowest BCUT2D eigenvalue weighted by Gasteiger charge is -2.41. The first-order chi connectivity index (χ1) is 41.5. The number of carboxylic acids is 2. The standard InChI is InChI=1S/C26H30F3N5O5.C25H28F3N5O4.2C2HF3O2/c1-24(2)16-38-12-11-32(24)15-21(35)31-19-13-18(5-6-20(19)39-26(27,28)29)34-22(36)25(3,4)33(23(34)37)14-17-7-9-30-10-8-17;1-24(2)22(35)33(23(36)32(24)15-16-9-11-29-12-10-16)18-7-8-20(37-25(26,27)28)19(13-18)31-21(34)14-30-17-5-3-4-6-17;2*3-2(4,5)1(6)7/h5-10,13H,11-12,14-16H2,1-4H3,(H,31,35);7-13,17,30H,3-6,14-15H2,1-2H3,(H,31,34);2*(H,6,7). The summed E-state index contributed by atoms with van der Waals surface area (Å²) in [6.45, 7) is 11.4. The van der Waals surface area contributed by atoms with Crippen molar-refractivity contribution < 1.29 is 115 Å². The molecule has 23 nitrogen and oxygen atoms in total. The van der Waals surface area contributed by atoms with Gasteiger partial charge in [0.1, 0.15) is 11.1 Å². The number of aliphatic carboxylic acids is 2. The van der Waals surface area contributed by atoms with Gasteiger partial charge in [0.05, 0.1) is 49.1 Å². The van der Waals surface area contributed by atoms with Crippen molar-refractivity contribution in [2.75, 3.05) is 53.3 Å². The quantitative estimate of drug-likeness (QED) is 0.0547. The predicted molar refractivity (Wildman–Crippen MR) is 291 cm³/mol. The normalized spacial score (nSPS) is 17.5. The third-order valence-corrected chi connectivity index (χ3v) is 13.8. The van der Waals surface area contributed by atoms with Gasteiger partial charge in [-0.3, -0.25) is 34.0 Å². The summed E-state index contributed by atoms with van der Waals surface area (Å²) in [5, 5.41) is 22.2. The van der Waals surface area contributed by atoms with Crippen LogP contribution in [0.25, 0.3) is 0 Å². The predicted octanol–water partition coefficient (Wildman–Crippen LogP) is 9.24. The molecule has 492 valence electrons. The molecule has 0 atom stereocenters. The SMILES string of the molecule is CC1(C)C(=O)N(c2ccc(OC(F)(F)F)c(NC(=O)CNC3CCCC3)c2)C(=O)N1Cc1ccncc1.CC1(C)COCCN1CC(=O)Nc1cc(N2C(=O)N(Cc3ccncc3)C(C)(C)C2=O)ccc1OC(F)(F)F.O=C(O)C(F)(F)F.O=C(O)C(F)(F)F. The second kappa shape index (κ2) is 28.7. The highest BCUT2D eigenvalue weighted by molar-refractivity contribution is 6.24. The highest BCUT2D eigenvalue weighted by Crippen LogP contribution is 2.41. The first-order valence-electron chi connectivity index (χ1n) is 26.7. The molecule has 5 N–H and O–H groups in total. The number of alkyl halides is 12. The van der Waals surface area contributed by atoms with Gasteiger partial charge in [0.15, 0.2) is 11.5 Å². The molecule has 4 aromatic rings. The van der Waals surface area contributed by atoms with Gasteiger partial charge in [-0.05, 0) is 126 Å². The fourth-order valence-corrected chi connectivity index (χ4v) is 9.04. The lowest BCUT2D eigenvalue weighted by molar-refractivity contribution is -0.275.